The molecule has 0 aliphatic rings. The van der Waals surface area contributed by atoms with E-state index >= 15 is 0 Å². The van der Waals surface area contributed by atoms with E-state index in [1.807, 2.05) is 0 Å². The van der Waals surface area contributed by atoms with Crippen molar-refractivity contribution in [2.24, 2.45) is 0 Å². The third kappa shape index (κ3) is 5.45. The number of aryl methyl sites for hydroxylation is 1. The zero-order valence-corrected chi connectivity index (χ0v) is 15.7. The van der Waals surface area contributed by atoms with Crippen molar-refractivity contribution in [3.8, 4) is 5.75 Å². The van der Waals surface area contributed by atoms with Gasteiger partial charge in [0, 0.05) is 24.4 Å². The minimum absolute atomic E-state index is 0.0981. The summed E-state index contributed by atoms with van der Waals surface area (Å²) in [6.07, 6.45) is 1.07. The monoisotopic (exact) mass is 351 g/mol. The normalized spacial score (nSPS) is 12.3. The van der Waals surface area contributed by atoms with Crippen molar-refractivity contribution in [1.29, 1.82) is 0 Å². The molecule has 1 unspecified atom stereocenters. The maximum Gasteiger partial charge on any atom is 0.134 e. The van der Waals surface area contributed by atoms with Crippen LogP contribution in [0.15, 0.2) is 72.1 Å². The van der Waals surface area contributed by atoms with Gasteiger partial charge in [-0.2, -0.15) is 0 Å². The lowest BCUT2D eigenvalue weighted by Gasteiger charge is -2.22. The van der Waals surface area contributed by atoms with Crippen LogP contribution in [0.5, 0.6) is 5.75 Å². The average molecular weight is 352 g/mol. The molecule has 130 valence electrons. The Morgan fingerprint density at radius 3 is 2.40 bits per heavy atom. The van der Waals surface area contributed by atoms with E-state index in [1.54, 1.807) is 11.3 Å². The largest absolute Gasteiger partial charge is 0.485 e. The zero-order chi connectivity index (χ0) is 17.5. The highest BCUT2D eigenvalue weighted by molar-refractivity contribution is 7.10. The van der Waals surface area contributed by atoms with Crippen LogP contribution in [0.25, 0.3) is 0 Å². The molecule has 0 saturated heterocycles. The summed E-state index contributed by atoms with van der Waals surface area (Å²) >= 11 is 1.77. The molecule has 1 aromatic heterocycles. The van der Waals surface area contributed by atoms with Gasteiger partial charge in [-0.15, -0.1) is 11.3 Å². The lowest BCUT2D eigenvalue weighted by molar-refractivity contribution is 0.174. The van der Waals surface area contributed by atoms with E-state index in [1.165, 1.54) is 16.0 Å². The number of benzene rings is 2. The summed E-state index contributed by atoms with van der Waals surface area (Å²) in [5.74, 6) is 0.940. The predicted molar refractivity (Wildman–Crippen MR) is 106 cm³/mol. The third-order valence-electron chi connectivity index (χ3n) is 4.23. The minimum Gasteiger partial charge on any atom is -0.485 e. The average Bonchev–Trinajstić information content (AvgIpc) is 3.15. The molecule has 0 radical (unpaired) electrons. The van der Waals surface area contributed by atoms with E-state index in [4.69, 9.17) is 4.74 Å². The molecule has 0 spiro atoms. The Kier molecular flexibility index (Phi) is 6.26. The van der Waals surface area contributed by atoms with Gasteiger partial charge in [-0.3, -0.25) is 0 Å². The Labute approximate surface area is 154 Å². The molecule has 0 saturated carbocycles. The SMILES string of the molecule is Cc1ccc(OC(CCN(C)Cc2ccccc2)c2cccs2)cc1. The van der Waals surface area contributed by atoms with Crippen molar-refractivity contribution in [1.82, 2.24) is 4.90 Å². The maximum atomic E-state index is 6.30. The van der Waals surface area contributed by atoms with Gasteiger partial charge in [0.1, 0.15) is 11.9 Å². The summed E-state index contributed by atoms with van der Waals surface area (Å²) in [6, 6.07) is 23.2. The van der Waals surface area contributed by atoms with Crippen LogP contribution >= 0.6 is 11.3 Å². The molecule has 0 fully saturated rings. The van der Waals surface area contributed by atoms with Crippen LogP contribution in [0, 0.1) is 6.92 Å². The summed E-state index contributed by atoms with van der Waals surface area (Å²) in [6.45, 7) is 4.05. The zero-order valence-electron chi connectivity index (χ0n) is 14.9. The number of rotatable bonds is 8. The van der Waals surface area contributed by atoms with Gasteiger partial charge >= 0.3 is 0 Å². The van der Waals surface area contributed by atoms with Gasteiger partial charge in [0.25, 0.3) is 0 Å². The second-order valence-corrected chi connectivity index (χ2v) is 7.43. The maximum absolute atomic E-state index is 6.30. The fraction of sp³-hybridized carbons (Fsp3) is 0.273. The molecule has 0 amide bonds. The fourth-order valence-corrected chi connectivity index (χ4v) is 3.62. The Morgan fingerprint density at radius 1 is 0.960 bits per heavy atom. The Balaban J connectivity index is 1.61. The third-order valence-corrected chi connectivity index (χ3v) is 5.19. The Hall–Kier alpha value is -2.10. The molecule has 1 heterocycles. The van der Waals surface area contributed by atoms with Crippen LogP contribution in [0.4, 0.5) is 0 Å². The number of hydrogen-bond acceptors (Lipinski definition) is 3. The van der Waals surface area contributed by atoms with Crippen LogP contribution in [0.2, 0.25) is 0 Å². The molecule has 1 atom stereocenters. The second-order valence-electron chi connectivity index (χ2n) is 6.45. The first kappa shape index (κ1) is 17.7. The van der Waals surface area contributed by atoms with E-state index in [0.29, 0.717) is 0 Å². The van der Waals surface area contributed by atoms with E-state index in [0.717, 1.165) is 25.3 Å². The van der Waals surface area contributed by atoms with Crippen molar-refractivity contribution in [2.45, 2.75) is 26.0 Å². The minimum atomic E-state index is 0.0981. The lowest BCUT2D eigenvalue weighted by atomic mass is 10.1. The second kappa shape index (κ2) is 8.84. The summed E-state index contributed by atoms with van der Waals surface area (Å²) in [5, 5.41) is 2.12. The Bertz CT molecular complexity index is 737. The van der Waals surface area contributed by atoms with Gasteiger partial charge in [0.05, 0.1) is 0 Å². The van der Waals surface area contributed by atoms with E-state index in [2.05, 4.69) is 91.0 Å². The van der Waals surface area contributed by atoms with Crippen LogP contribution in [0.1, 0.15) is 28.5 Å². The van der Waals surface area contributed by atoms with Crippen molar-refractivity contribution < 1.29 is 4.74 Å². The van der Waals surface area contributed by atoms with Crippen molar-refractivity contribution in [3.63, 3.8) is 0 Å². The number of hydrogen-bond donors (Lipinski definition) is 0. The van der Waals surface area contributed by atoms with Gasteiger partial charge in [-0.05, 0) is 43.1 Å². The molecule has 3 aromatic rings. The van der Waals surface area contributed by atoms with Crippen LogP contribution in [-0.2, 0) is 6.54 Å². The van der Waals surface area contributed by atoms with Crippen LogP contribution < -0.4 is 4.74 Å². The van der Waals surface area contributed by atoms with E-state index < -0.39 is 0 Å². The highest BCUT2D eigenvalue weighted by atomic mass is 32.1. The standard InChI is InChI=1S/C22H25NOS/c1-18-10-12-20(13-11-18)24-21(22-9-6-16-25-22)14-15-23(2)17-19-7-4-3-5-8-19/h3-13,16,21H,14-15,17H2,1-2H3. The molecule has 2 aromatic carbocycles. The van der Waals surface area contributed by atoms with Gasteiger partial charge in [-0.25, -0.2) is 0 Å². The highest BCUT2D eigenvalue weighted by Crippen LogP contribution is 2.28. The first-order valence-corrected chi connectivity index (χ1v) is 9.58. The summed E-state index contributed by atoms with van der Waals surface area (Å²) in [7, 11) is 2.17. The molecule has 3 rings (SSSR count). The van der Waals surface area contributed by atoms with Crippen LogP contribution in [0.3, 0.4) is 0 Å². The predicted octanol–water partition coefficient (Wildman–Crippen LogP) is 5.70. The molecule has 0 N–H and O–H groups in total. The summed E-state index contributed by atoms with van der Waals surface area (Å²) in [4.78, 5) is 3.64. The van der Waals surface area contributed by atoms with Gasteiger partial charge in [0.2, 0.25) is 0 Å². The first-order valence-electron chi connectivity index (χ1n) is 8.70. The Morgan fingerprint density at radius 2 is 1.72 bits per heavy atom. The van der Waals surface area contributed by atoms with Gasteiger partial charge in [0.15, 0.2) is 0 Å². The van der Waals surface area contributed by atoms with Crippen molar-refractivity contribution in [2.75, 3.05) is 13.6 Å². The smallest absolute Gasteiger partial charge is 0.134 e. The highest BCUT2D eigenvalue weighted by Gasteiger charge is 2.16. The molecule has 2 nitrogen and oxygen atoms in total. The fourth-order valence-electron chi connectivity index (χ4n) is 2.83. The topological polar surface area (TPSA) is 12.5 Å². The van der Waals surface area contributed by atoms with Crippen LogP contribution in [-0.4, -0.2) is 18.5 Å². The lowest BCUT2D eigenvalue weighted by Crippen LogP contribution is -2.22. The quantitative estimate of drug-likeness (QED) is 0.516. The number of thiophene rings is 1. The molecular formula is C22H25NOS. The van der Waals surface area contributed by atoms with Crippen molar-refractivity contribution in [3.05, 3.63) is 88.1 Å². The molecular weight excluding hydrogens is 326 g/mol. The molecule has 0 aliphatic carbocycles. The first-order chi connectivity index (χ1) is 12.2. The van der Waals surface area contributed by atoms with E-state index in [9.17, 15) is 0 Å². The molecule has 3 heteroatoms. The number of nitrogens with zero attached hydrogens (tertiary/aromatic N) is 1. The van der Waals surface area contributed by atoms with Gasteiger partial charge < -0.3 is 9.64 Å². The molecule has 0 aliphatic heterocycles. The molecule has 0 bridgehead atoms. The number of ether oxygens (including phenoxy) is 1. The molecule has 25 heavy (non-hydrogen) atoms. The van der Waals surface area contributed by atoms with E-state index in [-0.39, 0.29) is 6.10 Å². The van der Waals surface area contributed by atoms with Crippen molar-refractivity contribution >= 4 is 11.3 Å². The van der Waals surface area contributed by atoms with Gasteiger partial charge in [-0.1, -0.05) is 54.1 Å². The summed E-state index contributed by atoms with van der Waals surface area (Å²) in [5.41, 5.74) is 2.60. The summed E-state index contributed by atoms with van der Waals surface area (Å²) < 4.78 is 6.30.